The highest BCUT2D eigenvalue weighted by molar-refractivity contribution is 7.09. The number of hydrogen-bond acceptors (Lipinski definition) is 4. The summed E-state index contributed by atoms with van der Waals surface area (Å²) in [5, 5.41) is 12.3. The Morgan fingerprint density at radius 3 is 2.57 bits per heavy atom. The van der Waals surface area contributed by atoms with Crippen molar-refractivity contribution >= 4 is 11.3 Å². The zero-order valence-corrected chi connectivity index (χ0v) is 14.9. The summed E-state index contributed by atoms with van der Waals surface area (Å²) in [5.74, 6) is 0.679. The van der Waals surface area contributed by atoms with Crippen LogP contribution in [0.5, 0.6) is 0 Å². The van der Waals surface area contributed by atoms with E-state index >= 15 is 0 Å². The summed E-state index contributed by atoms with van der Waals surface area (Å²) in [6, 6.07) is 4.24. The van der Waals surface area contributed by atoms with Gasteiger partial charge in [0, 0.05) is 18.0 Å². The van der Waals surface area contributed by atoms with E-state index in [0.29, 0.717) is 19.1 Å². The molecule has 0 spiro atoms. The highest BCUT2D eigenvalue weighted by Gasteiger charge is 2.17. The highest BCUT2D eigenvalue weighted by Crippen LogP contribution is 2.14. The molecule has 122 valence electrons. The Morgan fingerprint density at radius 2 is 2.05 bits per heavy atom. The molecule has 0 aliphatic carbocycles. The number of rotatable bonds is 9. The maximum Gasteiger partial charge on any atom is 0.0900 e. The Labute approximate surface area is 133 Å². The largest absolute Gasteiger partial charge is 0.389 e. The number of nitrogens with zero attached hydrogens (tertiary/aromatic N) is 1. The zero-order valence-electron chi connectivity index (χ0n) is 14.1. The van der Waals surface area contributed by atoms with Crippen molar-refractivity contribution in [2.75, 3.05) is 19.7 Å². The van der Waals surface area contributed by atoms with Crippen LogP contribution >= 0.6 is 11.3 Å². The van der Waals surface area contributed by atoms with E-state index in [2.05, 4.69) is 36.3 Å². The lowest BCUT2D eigenvalue weighted by Gasteiger charge is -2.27. The molecule has 1 atom stereocenters. The van der Waals surface area contributed by atoms with Gasteiger partial charge >= 0.3 is 0 Å². The maximum absolute atomic E-state index is 10.2. The van der Waals surface area contributed by atoms with Gasteiger partial charge in [0.25, 0.3) is 0 Å². The lowest BCUT2D eigenvalue weighted by molar-refractivity contribution is -0.0568. The second-order valence-corrected chi connectivity index (χ2v) is 8.11. The first-order chi connectivity index (χ1) is 9.76. The average molecular weight is 314 g/mol. The van der Waals surface area contributed by atoms with Crippen LogP contribution in [0.4, 0.5) is 0 Å². The normalized spacial score (nSPS) is 14.1. The van der Waals surface area contributed by atoms with Crippen LogP contribution in [-0.4, -0.2) is 41.4 Å². The molecule has 0 aromatic carbocycles. The van der Waals surface area contributed by atoms with E-state index in [9.17, 15) is 5.11 Å². The van der Waals surface area contributed by atoms with Crippen LogP contribution in [0.25, 0.3) is 0 Å². The van der Waals surface area contributed by atoms with Crippen molar-refractivity contribution in [2.45, 2.75) is 59.3 Å². The summed E-state index contributed by atoms with van der Waals surface area (Å²) in [4.78, 5) is 3.69. The molecule has 0 saturated carbocycles. The SMILES string of the molecule is CC(C)CCN(Cc1cccs1)C[C@@H](O)COC(C)(C)C. The molecule has 0 amide bonds. The average Bonchev–Trinajstić information content (AvgIpc) is 2.85. The lowest BCUT2D eigenvalue weighted by atomic mass is 10.1. The van der Waals surface area contributed by atoms with Crippen molar-refractivity contribution in [3.05, 3.63) is 22.4 Å². The van der Waals surface area contributed by atoms with Gasteiger partial charge in [-0.15, -0.1) is 11.3 Å². The van der Waals surface area contributed by atoms with Gasteiger partial charge in [-0.2, -0.15) is 0 Å². The van der Waals surface area contributed by atoms with Crippen LogP contribution in [0.3, 0.4) is 0 Å². The van der Waals surface area contributed by atoms with Crippen molar-refractivity contribution in [1.29, 1.82) is 0 Å². The van der Waals surface area contributed by atoms with E-state index in [1.807, 2.05) is 20.8 Å². The van der Waals surface area contributed by atoms with Crippen molar-refractivity contribution in [2.24, 2.45) is 5.92 Å². The molecular formula is C17H31NO2S. The van der Waals surface area contributed by atoms with Gasteiger partial charge in [0.15, 0.2) is 0 Å². The fourth-order valence-electron chi connectivity index (χ4n) is 2.00. The monoisotopic (exact) mass is 313 g/mol. The quantitative estimate of drug-likeness (QED) is 0.753. The summed E-state index contributed by atoms with van der Waals surface area (Å²) in [7, 11) is 0. The van der Waals surface area contributed by atoms with Crippen molar-refractivity contribution in [3.63, 3.8) is 0 Å². The lowest BCUT2D eigenvalue weighted by Crippen LogP contribution is -2.37. The Hall–Kier alpha value is -0.420. The molecule has 1 aromatic heterocycles. The second kappa shape index (κ2) is 8.89. The van der Waals surface area contributed by atoms with Crippen molar-refractivity contribution in [3.8, 4) is 0 Å². The second-order valence-electron chi connectivity index (χ2n) is 7.07. The molecule has 0 unspecified atom stereocenters. The van der Waals surface area contributed by atoms with Crippen molar-refractivity contribution in [1.82, 2.24) is 4.90 Å². The summed E-state index contributed by atoms with van der Waals surface area (Å²) >= 11 is 1.78. The van der Waals surface area contributed by atoms with Crippen LogP contribution < -0.4 is 0 Å². The third-order valence-corrected chi connectivity index (χ3v) is 4.02. The highest BCUT2D eigenvalue weighted by atomic mass is 32.1. The number of aliphatic hydroxyl groups excluding tert-OH is 1. The van der Waals surface area contributed by atoms with Crippen LogP contribution in [0, 0.1) is 5.92 Å². The molecule has 0 bridgehead atoms. The molecular weight excluding hydrogens is 282 g/mol. The maximum atomic E-state index is 10.2. The molecule has 0 saturated heterocycles. The van der Waals surface area contributed by atoms with E-state index in [1.165, 1.54) is 4.88 Å². The zero-order chi connectivity index (χ0) is 15.9. The minimum absolute atomic E-state index is 0.197. The molecule has 0 aliphatic rings. The van der Waals surface area contributed by atoms with Gasteiger partial charge in [-0.1, -0.05) is 19.9 Å². The molecule has 21 heavy (non-hydrogen) atoms. The molecule has 3 nitrogen and oxygen atoms in total. The van der Waals surface area contributed by atoms with E-state index in [0.717, 1.165) is 19.5 Å². The van der Waals surface area contributed by atoms with Crippen molar-refractivity contribution < 1.29 is 9.84 Å². The van der Waals surface area contributed by atoms with Gasteiger partial charge in [-0.05, 0) is 51.1 Å². The van der Waals surface area contributed by atoms with Gasteiger partial charge in [0.05, 0.1) is 18.3 Å². The Kier molecular flexibility index (Phi) is 7.88. The van der Waals surface area contributed by atoms with Crippen LogP contribution in [0.15, 0.2) is 17.5 Å². The summed E-state index contributed by atoms with van der Waals surface area (Å²) in [6.45, 7) is 13.5. The third kappa shape index (κ3) is 9.25. The number of aliphatic hydroxyl groups is 1. The first-order valence-corrected chi connectivity index (χ1v) is 8.71. The molecule has 0 radical (unpaired) electrons. The Balaban J connectivity index is 2.47. The van der Waals surface area contributed by atoms with E-state index in [1.54, 1.807) is 11.3 Å². The van der Waals surface area contributed by atoms with E-state index in [4.69, 9.17) is 4.74 Å². The van der Waals surface area contributed by atoms with Gasteiger partial charge in [0.2, 0.25) is 0 Å². The summed E-state index contributed by atoms with van der Waals surface area (Å²) < 4.78 is 5.68. The Morgan fingerprint density at radius 1 is 1.33 bits per heavy atom. The molecule has 1 aromatic rings. The van der Waals surface area contributed by atoms with E-state index in [-0.39, 0.29) is 5.60 Å². The summed E-state index contributed by atoms with van der Waals surface area (Å²) in [5.41, 5.74) is -0.197. The van der Waals surface area contributed by atoms with Gasteiger partial charge < -0.3 is 9.84 Å². The number of ether oxygens (including phenoxy) is 1. The predicted octanol–water partition coefficient (Wildman–Crippen LogP) is 3.77. The minimum atomic E-state index is -0.434. The standard InChI is InChI=1S/C17H31NO2S/c1-14(2)8-9-18(12-16-7-6-10-21-16)11-15(19)13-20-17(3,4)5/h6-7,10,14-15,19H,8-9,11-13H2,1-5H3/t15-/m1/s1. The van der Waals surface area contributed by atoms with Crippen LogP contribution in [0.1, 0.15) is 45.9 Å². The van der Waals surface area contributed by atoms with Crippen LogP contribution in [-0.2, 0) is 11.3 Å². The van der Waals surface area contributed by atoms with Gasteiger partial charge in [0.1, 0.15) is 0 Å². The molecule has 1 rings (SSSR count). The predicted molar refractivity (Wildman–Crippen MR) is 90.8 cm³/mol. The van der Waals surface area contributed by atoms with Gasteiger partial charge in [-0.3, -0.25) is 4.90 Å². The first-order valence-electron chi connectivity index (χ1n) is 7.83. The van der Waals surface area contributed by atoms with E-state index < -0.39 is 6.10 Å². The molecule has 1 N–H and O–H groups in total. The fourth-order valence-corrected chi connectivity index (χ4v) is 2.74. The Bertz CT molecular complexity index is 371. The molecule has 0 aliphatic heterocycles. The fraction of sp³-hybridized carbons (Fsp3) is 0.765. The third-order valence-electron chi connectivity index (χ3n) is 3.16. The van der Waals surface area contributed by atoms with Crippen LogP contribution in [0.2, 0.25) is 0 Å². The molecule has 1 heterocycles. The molecule has 0 fully saturated rings. The topological polar surface area (TPSA) is 32.7 Å². The minimum Gasteiger partial charge on any atom is -0.389 e. The van der Waals surface area contributed by atoms with Gasteiger partial charge in [-0.25, -0.2) is 0 Å². The molecule has 4 heteroatoms. The first kappa shape index (κ1) is 18.6. The summed E-state index contributed by atoms with van der Waals surface area (Å²) in [6.07, 6.45) is 0.717. The smallest absolute Gasteiger partial charge is 0.0900 e. The number of hydrogen-bond donors (Lipinski definition) is 1. The number of thiophene rings is 1.